The smallest absolute Gasteiger partial charge is 0.266 e. The maximum atomic E-state index is 13.0. The van der Waals surface area contributed by atoms with E-state index < -0.39 is 0 Å². The first-order valence-corrected chi connectivity index (χ1v) is 11.8. The molecule has 0 saturated carbocycles. The van der Waals surface area contributed by atoms with Crippen molar-refractivity contribution in [1.29, 1.82) is 0 Å². The maximum absolute atomic E-state index is 13.0. The van der Waals surface area contributed by atoms with Crippen LogP contribution in [0.5, 0.6) is 5.88 Å². The molecule has 0 aliphatic rings. The molecule has 0 aliphatic carbocycles. The van der Waals surface area contributed by atoms with Crippen LogP contribution in [0.4, 0.5) is 5.69 Å². The van der Waals surface area contributed by atoms with Crippen LogP contribution in [0, 0.1) is 20.8 Å². The number of anilines is 1. The van der Waals surface area contributed by atoms with Crippen molar-refractivity contribution in [2.45, 2.75) is 37.4 Å². The van der Waals surface area contributed by atoms with Crippen molar-refractivity contribution in [2.24, 2.45) is 0 Å². The molecule has 4 rings (SSSR count). The molecule has 3 aromatic heterocycles. The minimum Gasteiger partial charge on any atom is -0.480 e. The first kappa shape index (κ1) is 23.1. The Labute approximate surface area is 199 Å². The molecule has 1 N–H and O–H groups in total. The standard InChI is InChI=1S/C23H23N5O3S2/c1-12-10-13(2)25-23(24-12)32-16-8-6-15(7-9-16)26-20(29)19-14(3)18-21(31-5)27-17(11-30-4)28-22(18)33-19/h6-10H,11H2,1-5H3,(H,26,29). The highest BCUT2D eigenvalue weighted by atomic mass is 32.2. The van der Waals surface area contributed by atoms with Crippen molar-refractivity contribution >= 4 is 44.9 Å². The molecule has 1 aromatic carbocycles. The Bertz CT molecular complexity index is 1300. The van der Waals surface area contributed by atoms with Crippen molar-refractivity contribution in [2.75, 3.05) is 19.5 Å². The summed E-state index contributed by atoms with van der Waals surface area (Å²) in [7, 11) is 3.13. The zero-order chi connectivity index (χ0) is 23.5. The predicted molar refractivity (Wildman–Crippen MR) is 129 cm³/mol. The number of amides is 1. The van der Waals surface area contributed by atoms with E-state index >= 15 is 0 Å². The Morgan fingerprint density at radius 3 is 2.36 bits per heavy atom. The van der Waals surface area contributed by atoms with Crippen LogP contribution < -0.4 is 10.1 Å². The molecule has 1 amide bonds. The number of thiophene rings is 1. The van der Waals surface area contributed by atoms with E-state index in [1.807, 2.05) is 51.1 Å². The fourth-order valence-corrected chi connectivity index (χ4v) is 5.29. The van der Waals surface area contributed by atoms with E-state index in [1.54, 1.807) is 14.2 Å². The Hall–Kier alpha value is -3.08. The van der Waals surface area contributed by atoms with E-state index in [4.69, 9.17) is 9.47 Å². The van der Waals surface area contributed by atoms with E-state index in [2.05, 4.69) is 25.3 Å². The molecule has 3 heterocycles. The first-order valence-electron chi connectivity index (χ1n) is 10.1. The van der Waals surface area contributed by atoms with E-state index in [-0.39, 0.29) is 12.5 Å². The van der Waals surface area contributed by atoms with Gasteiger partial charge in [-0.1, -0.05) is 0 Å². The van der Waals surface area contributed by atoms with E-state index in [0.29, 0.717) is 32.3 Å². The zero-order valence-electron chi connectivity index (χ0n) is 18.9. The number of rotatable bonds is 7. The molecule has 0 saturated heterocycles. The highest BCUT2D eigenvalue weighted by Crippen LogP contribution is 2.35. The molecule has 0 bridgehead atoms. The maximum Gasteiger partial charge on any atom is 0.266 e. The minimum atomic E-state index is -0.205. The third-order valence-electron chi connectivity index (χ3n) is 4.76. The fraction of sp³-hybridized carbons (Fsp3) is 0.261. The topological polar surface area (TPSA) is 99.1 Å². The second-order valence-corrected chi connectivity index (χ2v) is 9.37. The van der Waals surface area contributed by atoms with Crippen LogP contribution in [0.25, 0.3) is 10.2 Å². The summed E-state index contributed by atoms with van der Waals surface area (Å²) in [5.74, 6) is 0.745. The van der Waals surface area contributed by atoms with E-state index in [0.717, 1.165) is 27.2 Å². The van der Waals surface area contributed by atoms with Gasteiger partial charge in [-0.2, -0.15) is 4.98 Å². The average molecular weight is 482 g/mol. The summed E-state index contributed by atoms with van der Waals surface area (Å²) < 4.78 is 10.6. The molecule has 0 aliphatic heterocycles. The number of ether oxygens (including phenoxy) is 2. The van der Waals surface area contributed by atoms with Crippen molar-refractivity contribution in [3.05, 3.63) is 58.0 Å². The largest absolute Gasteiger partial charge is 0.480 e. The highest BCUT2D eigenvalue weighted by Gasteiger charge is 2.21. The second kappa shape index (κ2) is 9.82. The van der Waals surface area contributed by atoms with Gasteiger partial charge >= 0.3 is 0 Å². The van der Waals surface area contributed by atoms with Gasteiger partial charge in [0, 0.05) is 29.1 Å². The van der Waals surface area contributed by atoms with Gasteiger partial charge < -0.3 is 14.8 Å². The van der Waals surface area contributed by atoms with Crippen molar-refractivity contribution in [3.63, 3.8) is 0 Å². The molecule has 0 atom stereocenters. The van der Waals surface area contributed by atoms with Crippen molar-refractivity contribution in [1.82, 2.24) is 19.9 Å². The van der Waals surface area contributed by atoms with Crippen molar-refractivity contribution < 1.29 is 14.3 Å². The first-order chi connectivity index (χ1) is 15.9. The molecule has 4 aromatic rings. The Balaban J connectivity index is 1.53. The number of hydrogen-bond acceptors (Lipinski definition) is 9. The summed E-state index contributed by atoms with van der Waals surface area (Å²) in [4.78, 5) is 33.1. The third kappa shape index (κ3) is 5.13. The van der Waals surface area contributed by atoms with Crippen LogP contribution in [0.1, 0.15) is 32.4 Å². The third-order valence-corrected chi connectivity index (χ3v) is 6.82. The van der Waals surface area contributed by atoms with Crippen LogP contribution in [-0.4, -0.2) is 40.1 Å². The number of carbonyl (C=O) groups excluding carboxylic acids is 1. The van der Waals surface area contributed by atoms with Gasteiger partial charge in [0.1, 0.15) is 11.4 Å². The molecule has 33 heavy (non-hydrogen) atoms. The monoisotopic (exact) mass is 481 g/mol. The van der Waals surface area contributed by atoms with Gasteiger partial charge in [-0.25, -0.2) is 15.0 Å². The Kier molecular flexibility index (Phi) is 6.87. The molecule has 170 valence electrons. The lowest BCUT2D eigenvalue weighted by Crippen LogP contribution is -2.11. The second-order valence-electron chi connectivity index (χ2n) is 7.33. The van der Waals surface area contributed by atoms with Crippen molar-refractivity contribution in [3.8, 4) is 5.88 Å². The Morgan fingerprint density at radius 2 is 1.73 bits per heavy atom. The van der Waals surface area contributed by atoms with E-state index in [1.165, 1.54) is 23.1 Å². The molecular weight excluding hydrogens is 458 g/mol. The van der Waals surface area contributed by atoms with Gasteiger partial charge in [-0.05, 0) is 68.4 Å². The average Bonchev–Trinajstić information content (AvgIpc) is 3.10. The lowest BCUT2D eigenvalue weighted by atomic mass is 10.2. The summed E-state index contributed by atoms with van der Waals surface area (Å²) in [5, 5.41) is 4.41. The summed E-state index contributed by atoms with van der Waals surface area (Å²) in [6.45, 7) is 6.04. The fourth-order valence-electron chi connectivity index (χ4n) is 3.34. The molecular formula is C23H23N5O3S2. The predicted octanol–water partition coefficient (Wildman–Crippen LogP) is 4.97. The molecule has 10 heteroatoms. The van der Waals surface area contributed by atoms with E-state index in [9.17, 15) is 4.79 Å². The summed E-state index contributed by atoms with van der Waals surface area (Å²) >= 11 is 2.79. The number of nitrogens with one attached hydrogen (secondary N) is 1. The molecule has 8 nitrogen and oxygen atoms in total. The van der Waals surface area contributed by atoms with Gasteiger partial charge in [0.2, 0.25) is 5.88 Å². The number of benzene rings is 1. The van der Waals surface area contributed by atoms with Crippen LogP contribution in [0.15, 0.2) is 40.4 Å². The molecule has 0 unspecified atom stereocenters. The van der Waals surface area contributed by atoms with Gasteiger partial charge in [-0.15, -0.1) is 11.3 Å². The number of hydrogen-bond donors (Lipinski definition) is 1. The number of fused-ring (bicyclic) bond motifs is 1. The number of carbonyl (C=O) groups is 1. The summed E-state index contributed by atoms with van der Waals surface area (Å²) in [6, 6.07) is 9.54. The highest BCUT2D eigenvalue weighted by molar-refractivity contribution is 7.99. The zero-order valence-corrected chi connectivity index (χ0v) is 20.6. The lowest BCUT2D eigenvalue weighted by Gasteiger charge is -2.07. The molecule has 0 radical (unpaired) electrons. The Morgan fingerprint density at radius 1 is 1.03 bits per heavy atom. The number of nitrogens with zero attached hydrogens (tertiary/aromatic N) is 4. The van der Waals surface area contributed by atoms with Gasteiger partial charge in [0.25, 0.3) is 5.91 Å². The quantitative estimate of drug-likeness (QED) is 0.370. The summed E-state index contributed by atoms with van der Waals surface area (Å²) in [5.41, 5.74) is 3.35. The SMILES string of the molecule is COCc1nc(OC)c2c(C)c(C(=O)Nc3ccc(Sc4nc(C)cc(C)n4)cc3)sc2n1. The van der Waals surface area contributed by atoms with Crippen LogP contribution in [0.3, 0.4) is 0 Å². The molecule has 0 fully saturated rings. The van der Waals surface area contributed by atoms with Gasteiger partial charge in [0.05, 0.1) is 17.4 Å². The minimum absolute atomic E-state index is 0.205. The van der Waals surface area contributed by atoms with Crippen LogP contribution in [-0.2, 0) is 11.3 Å². The van der Waals surface area contributed by atoms with Gasteiger partial charge in [0.15, 0.2) is 11.0 Å². The number of methoxy groups -OCH3 is 2. The lowest BCUT2D eigenvalue weighted by molar-refractivity contribution is 0.103. The normalized spacial score (nSPS) is 11.1. The number of aromatic nitrogens is 4. The molecule has 0 spiro atoms. The van der Waals surface area contributed by atoms with Crippen LogP contribution in [0.2, 0.25) is 0 Å². The summed E-state index contributed by atoms with van der Waals surface area (Å²) in [6.07, 6.45) is 0. The van der Waals surface area contributed by atoms with Crippen LogP contribution >= 0.6 is 23.1 Å². The number of aryl methyl sites for hydroxylation is 3. The van der Waals surface area contributed by atoms with Gasteiger partial charge in [-0.3, -0.25) is 4.79 Å².